The molecule has 0 aliphatic rings. The smallest absolute Gasteiger partial charge is 0.0888 e. The summed E-state index contributed by atoms with van der Waals surface area (Å²) in [5.74, 6) is 1.67. The highest BCUT2D eigenvalue weighted by Crippen LogP contribution is 2.10. The van der Waals surface area contributed by atoms with Crippen molar-refractivity contribution in [3.8, 4) is 0 Å². The molecule has 0 aromatic carbocycles. The van der Waals surface area contributed by atoms with Crippen LogP contribution in [0.25, 0.3) is 0 Å². The predicted molar refractivity (Wildman–Crippen MR) is 44.8 cm³/mol. The molecule has 0 fully saturated rings. The maximum Gasteiger partial charge on any atom is 0.0888 e. The SMILES string of the molecule is C=C(CCC(C)C)OCC. The first-order chi connectivity index (χ1) is 4.66. The van der Waals surface area contributed by atoms with E-state index in [1.165, 1.54) is 6.42 Å². The Bertz CT molecular complexity index is 94.9. The fourth-order valence-electron chi connectivity index (χ4n) is 0.726. The van der Waals surface area contributed by atoms with Gasteiger partial charge < -0.3 is 4.74 Å². The molecule has 0 N–H and O–H groups in total. The number of ether oxygens (including phenoxy) is 1. The van der Waals surface area contributed by atoms with Crippen molar-refractivity contribution in [1.82, 2.24) is 0 Å². The molecule has 0 saturated carbocycles. The molecule has 0 heterocycles. The van der Waals surface area contributed by atoms with Gasteiger partial charge in [-0.2, -0.15) is 0 Å². The molecule has 60 valence electrons. The zero-order valence-corrected chi connectivity index (χ0v) is 7.31. The van der Waals surface area contributed by atoms with Crippen molar-refractivity contribution < 1.29 is 4.74 Å². The fraction of sp³-hybridized carbons (Fsp3) is 0.778. The van der Waals surface area contributed by atoms with Crippen LogP contribution in [0.5, 0.6) is 0 Å². The molecular weight excluding hydrogens is 124 g/mol. The maximum atomic E-state index is 5.20. The molecule has 1 nitrogen and oxygen atoms in total. The van der Waals surface area contributed by atoms with Crippen LogP contribution in [0.4, 0.5) is 0 Å². The molecule has 0 radical (unpaired) electrons. The van der Waals surface area contributed by atoms with Gasteiger partial charge >= 0.3 is 0 Å². The highest BCUT2D eigenvalue weighted by molar-refractivity contribution is 4.81. The predicted octanol–water partition coefficient (Wildman–Crippen LogP) is 2.97. The second-order valence-corrected chi connectivity index (χ2v) is 2.90. The van der Waals surface area contributed by atoms with Gasteiger partial charge in [0.15, 0.2) is 0 Å². The van der Waals surface area contributed by atoms with Crippen LogP contribution in [-0.2, 0) is 4.74 Å². The van der Waals surface area contributed by atoms with Gasteiger partial charge in [-0.05, 0) is 19.3 Å². The minimum Gasteiger partial charge on any atom is -0.499 e. The van der Waals surface area contributed by atoms with Crippen molar-refractivity contribution >= 4 is 0 Å². The van der Waals surface area contributed by atoms with E-state index in [0.717, 1.165) is 24.7 Å². The van der Waals surface area contributed by atoms with Gasteiger partial charge in [-0.15, -0.1) is 0 Å². The third-order valence-corrected chi connectivity index (χ3v) is 1.35. The average Bonchev–Trinajstić information content (AvgIpc) is 1.85. The summed E-state index contributed by atoms with van der Waals surface area (Å²) < 4.78 is 5.20. The Hall–Kier alpha value is -0.460. The van der Waals surface area contributed by atoms with Crippen molar-refractivity contribution in [2.45, 2.75) is 33.6 Å². The molecule has 0 aromatic heterocycles. The first-order valence-corrected chi connectivity index (χ1v) is 3.97. The highest BCUT2D eigenvalue weighted by atomic mass is 16.5. The van der Waals surface area contributed by atoms with Gasteiger partial charge in [0.05, 0.1) is 12.4 Å². The molecule has 0 atom stereocenters. The zero-order valence-electron chi connectivity index (χ0n) is 7.31. The lowest BCUT2D eigenvalue weighted by Crippen LogP contribution is -1.93. The standard InChI is InChI=1S/C9H18O/c1-5-10-9(4)7-6-8(2)3/h8H,4-7H2,1-3H3. The molecule has 0 aliphatic carbocycles. The van der Waals surface area contributed by atoms with Crippen LogP contribution in [0.3, 0.4) is 0 Å². The topological polar surface area (TPSA) is 9.23 Å². The highest BCUT2D eigenvalue weighted by Gasteiger charge is 1.96. The van der Waals surface area contributed by atoms with Crippen molar-refractivity contribution in [2.24, 2.45) is 5.92 Å². The summed E-state index contributed by atoms with van der Waals surface area (Å²) in [7, 11) is 0. The van der Waals surface area contributed by atoms with Gasteiger partial charge in [0, 0.05) is 6.42 Å². The molecule has 0 aliphatic heterocycles. The van der Waals surface area contributed by atoms with E-state index in [1.54, 1.807) is 0 Å². The summed E-state index contributed by atoms with van der Waals surface area (Å²) in [6.45, 7) is 10.9. The second-order valence-electron chi connectivity index (χ2n) is 2.90. The second kappa shape index (κ2) is 5.33. The van der Waals surface area contributed by atoms with E-state index in [1.807, 2.05) is 6.92 Å². The molecule has 0 bridgehead atoms. The number of hydrogen-bond donors (Lipinski definition) is 0. The minimum atomic E-state index is 0.747. The molecule has 0 rings (SSSR count). The lowest BCUT2D eigenvalue weighted by atomic mass is 10.1. The normalized spacial score (nSPS) is 10.0. The van der Waals surface area contributed by atoms with E-state index in [9.17, 15) is 0 Å². The third-order valence-electron chi connectivity index (χ3n) is 1.35. The van der Waals surface area contributed by atoms with E-state index in [4.69, 9.17) is 4.74 Å². The Morgan fingerprint density at radius 2 is 2.10 bits per heavy atom. The summed E-state index contributed by atoms with van der Waals surface area (Å²) in [6.07, 6.45) is 2.18. The summed E-state index contributed by atoms with van der Waals surface area (Å²) in [6, 6.07) is 0. The molecular formula is C9H18O. The Labute approximate surface area is 64.1 Å². The van der Waals surface area contributed by atoms with E-state index >= 15 is 0 Å². The Kier molecular flexibility index (Phi) is 5.09. The summed E-state index contributed by atoms with van der Waals surface area (Å²) in [5, 5.41) is 0. The fourth-order valence-corrected chi connectivity index (χ4v) is 0.726. The van der Waals surface area contributed by atoms with Crippen molar-refractivity contribution in [3.05, 3.63) is 12.3 Å². The largest absolute Gasteiger partial charge is 0.499 e. The first-order valence-electron chi connectivity index (χ1n) is 3.97. The van der Waals surface area contributed by atoms with Crippen molar-refractivity contribution in [1.29, 1.82) is 0 Å². The quantitative estimate of drug-likeness (QED) is 0.536. The lowest BCUT2D eigenvalue weighted by Gasteiger charge is -2.07. The third kappa shape index (κ3) is 5.67. The maximum absolute atomic E-state index is 5.20. The van der Waals surface area contributed by atoms with Gasteiger partial charge in [-0.1, -0.05) is 20.4 Å². The van der Waals surface area contributed by atoms with Crippen LogP contribution in [0.2, 0.25) is 0 Å². The molecule has 10 heavy (non-hydrogen) atoms. The summed E-state index contributed by atoms with van der Waals surface area (Å²) in [5.41, 5.74) is 0. The van der Waals surface area contributed by atoms with Crippen LogP contribution < -0.4 is 0 Å². The number of hydrogen-bond acceptors (Lipinski definition) is 1. The van der Waals surface area contributed by atoms with Crippen LogP contribution >= 0.6 is 0 Å². The van der Waals surface area contributed by atoms with E-state index in [2.05, 4.69) is 20.4 Å². The summed E-state index contributed by atoms with van der Waals surface area (Å²) in [4.78, 5) is 0. The minimum absolute atomic E-state index is 0.747. The van der Waals surface area contributed by atoms with Gasteiger partial charge in [-0.25, -0.2) is 0 Å². The Morgan fingerprint density at radius 3 is 2.50 bits per heavy atom. The molecule has 0 aromatic rings. The van der Waals surface area contributed by atoms with Crippen LogP contribution in [0.15, 0.2) is 12.3 Å². The molecule has 0 amide bonds. The zero-order chi connectivity index (χ0) is 7.98. The number of rotatable bonds is 5. The monoisotopic (exact) mass is 142 g/mol. The van der Waals surface area contributed by atoms with Gasteiger partial charge in [-0.3, -0.25) is 0 Å². The average molecular weight is 142 g/mol. The molecule has 0 unspecified atom stereocenters. The number of allylic oxidation sites excluding steroid dienone is 1. The first kappa shape index (κ1) is 9.54. The Morgan fingerprint density at radius 1 is 1.50 bits per heavy atom. The molecule has 1 heteroatoms. The molecule has 0 saturated heterocycles. The molecule has 0 spiro atoms. The van der Waals surface area contributed by atoms with Crippen LogP contribution in [0, 0.1) is 5.92 Å². The van der Waals surface area contributed by atoms with E-state index < -0.39 is 0 Å². The van der Waals surface area contributed by atoms with Gasteiger partial charge in [0.2, 0.25) is 0 Å². The Balaban J connectivity index is 3.22. The van der Waals surface area contributed by atoms with E-state index in [-0.39, 0.29) is 0 Å². The van der Waals surface area contributed by atoms with Crippen LogP contribution in [-0.4, -0.2) is 6.61 Å². The van der Waals surface area contributed by atoms with Gasteiger partial charge in [0.25, 0.3) is 0 Å². The summed E-state index contributed by atoms with van der Waals surface area (Å²) >= 11 is 0. The van der Waals surface area contributed by atoms with E-state index in [0.29, 0.717) is 0 Å². The van der Waals surface area contributed by atoms with Crippen LogP contribution in [0.1, 0.15) is 33.6 Å². The lowest BCUT2D eigenvalue weighted by molar-refractivity contribution is 0.216. The van der Waals surface area contributed by atoms with Gasteiger partial charge in [0.1, 0.15) is 0 Å². The van der Waals surface area contributed by atoms with Crippen molar-refractivity contribution in [3.63, 3.8) is 0 Å². The van der Waals surface area contributed by atoms with Crippen molar-refractivity contribution in [2.75, 3.05) is 6.61 Å².